The van der Waals surface area contributed by atoms with E-state index in [1.54, 1.807) is 11.3 Å². The molecule has 4 heteroatoms. The maximum atomic E-state index is 9.12. The van der Waals surface area contributed by atoms with Crippen LogP contribution in [0.3, 0.4) is 0 Å². The lowest BCUT2D eigenvalue weighted by molar-refractivity contribution is 0.763. The van der Waals surface area contributed by atoms with Gasteiger partial charge in [0.05, 0.1) is 17.3 Å². The molecule has 0 bridgehead atoms. The van der Waals surface area contributed by atoms with Crippen molar-refractivity contribution in [2.24, 2.45) is 0 Å². The minimum atomic E-state index is 0.256. The zero-order chi connectivity index (χ0) is 13.0. The molecule has 0 fully saturated rings. The van der Waals surface area contributed by atoms with Gasteiger partial charge in [0.25, 0.3) is 0 Å². The van der Waals surface area contributed by atoms with Crippen LogP contribution in [0.1, 0.15) is 29.8 Å². The highest BCUT2D eigenvalue weighted by atomic mass is 79.9. The first kappa shape index (κ1) is 13.1. The van der Waals surface area contributed by atoms with Crippen LogP contribution >= 0.6 is 27.3 Å². The van der Waals surface area contributed by atoms with Crippen LogP contribution in [0.15, 0.2) is 40.2 Å². The largest absolute Gasteiger partial charge is 0.376 e. The third-order valence-electron chi connectivity index (χ3n) is 2.73. The van der Waals surface area contributed by atoms with E-state index >= 15 is 0 Å². The van der Waals surface area contributed by atoms with Crippen LogP contribution in [0, 0.1) is 11.3 Å². The summed E-state index contributed by atoms with van der Waals surface area (Å²) in [6.07, 6.45) is 0.984. The number of nitrogens with zero attached hydrogens (tertiary/aromatic N) is 1. The molecule has 0 spiro atoms. The SMILES string of the molecule is CCC(Nc1cc(Br)ccc1C#N)c1cccs1. The molecular formula is C14H13BrN2S. The lowest BCUT2D eigenvalue weighted by Gasteiger charge is -2.18. The number of benzene rings is 1. The van der Waals surface area contributed by atoms with Crippen LogP contribution in [-0.2, 0) is 0 Å². The van der Waals surface area contributed by atoms with Crippen LogP contribution in [0.4, 0.5) is 5.69 Å². The first-order valence-corrected chi connectivity index (χ1v) is 7.41. The Morgan fingerprint density at radius 1 is 1.44 bits per heavy atom. The van der Waals surface area contributed by atoms with E-state index in [4.69, 9.17) is 5.26 Å². The second kappa shape index (κ2) is 6.03. The molecule has 0 saturated carbocycles. The van der Waals surface area contributed by atoms with E-state index < -0.39 is 0 Å². The van der Waals surface area contributed by atoms with Gasteiger partial charge in [0.15, 0.2) is 0 Å². The quantitative estimate of drug-likeness (QED) is 0.865. The summed E-state index contributed by atoms with van der Waals surface area (Å²) in [6, 6.07) is 12.3. The van der Waals surface area contributed by atoms with E-state index in [-0.39, 0.29) is 6.04 Å². The fourth-order valence-electron chi connectivity index (χ4n) is 1.79. The minimum Gasteiger partial charge on any atom is -0.376 e. The van der Waals surface area contributed by atoms with Crippen molar-refractivity contribution >= 4 is 33.0 Å². The molecule has 92 valence electrons. The predicted octanol–water partition coefficient (Wildman–Crippen LogP) is 4.95. The molecule has 1 aromatic heterocycles. The van der Waals surface area contributed by atoms with E-state index in [1.165, 1.54) is 4.88 Å². The lowest BCUT2D eigenvalue weighted by atomic mass is 10.1. The van der Waals surface area contributed by atoms with Crippen molar-refractivity contribution < 1.29 is 0 Å². The van der Waals surface area contributed by atoms with Crippen molar-refractivity contribution in [2.45, 2.75) is 19.4 Å². The number of anilines is 1. The van der Waals surface area contributed by atoms with Crippen LogP contribution in [0.25, 0.3) is 0 Å². The summed E-state index contributed by atoms with van der Waals surface area (Å²) < 4.78 is 0.977. The number of rotatable bonds is 4. The first-order valence-electron chi connectivity index (χ1n) is 5.74. The maximum Gasteiger partial charge on any atom is 0.101 e. The topological polar surface area (TPSA) is 35.8 Å². The summed E-state index contributed by atoms with van der Waals surface area (Å²) in [5.41, 5.74) is 1.56. The number of halogens is 1. The molecule has 0 radical (unpaired) electrons. The average molecular weight is 321 g/mol. The van der Waals surface area contributed by atoms with E-state index in [0.717, 1.165) is 16.6 Å². The van der Waals surface area contributed by atoms with Crippen LogP contribution < -0.4 is 5.32 Å². The fourth-order valence-corrected chi connectivity index (χ4v) is 3.01. The van der Waals surface area contributed by atoms with E-state index in [9.17, 15) is 0 Å². The van der Waals surface area contributed by atoms with Gasteiger partial charge in [0.2, 0.25) is 0 Å². The Bertz CT molecular complexity index is 558. The van der Waals surface area contributed by atoms with Gasteiger partial charge in [-0.25, -0.2) is 0 Å². The van der Waals surface area contributed by atoms with Crippen molar-refractivity contribution in [3.63, 3.8) is 0 Å². The first-order chi connectivity index (χ1) is 8.74. The zero-order valence-corrected chi connectivity index (χ0v) is 12.4. The maximum absolute atomic E-state index is 9.12. The Morgan fingerprint density at radius 3 is 2.89 bits per heavy atom. The van der Waals surface area contributed by atoms with Crippen molar-refractivity contribution in [2.75, 3.05) is 5.32 Å². The highest BCUT2D eigenvalue weighted by Gasteiger charge is 2.12. The van der Waals surface area contributed by atoms with Gasteiger partial charge in [-0.05, 0) is 36.1 Å². The van der Waals surface area contributed by atoms with Gasteiger partial charge in [0, 0.05) is 9.35 Å². The molecule has 0 aliphatic carbocycles. The zero-order valence-electron chi connectivity index (χ0n) is 9.98. The van der Waals surface area contributed by atoms with Crippen LogP contribution in [0.5, 0.6) is 0 Å². The molecule has 0 saturated heterocycles. The Hall–Kier alpha value is -1.31. The summed E-state index contributed by atoms with van der Waals surface area (Å²) in [5, 5.41) is 14.6. The number of hydrogen-bond donors (Lipinski definition) is 1. The third-order valence-corrected chi connectivity index (χ3v) is 4.21. The Labute approximate surface area is 119 Å². The molecule has 1 N–H and O–H groups in total. The summed E-state index contributed by atoms with van der Waals surface area (Å²) in [6.45, 7) is 2.14. The van der Waals surface area contributed by atoms with Gasteiger partial charge in [-0.1, -0.05) is 28.9 Å². The van der Waals surface area contributed by atoms with Crippen molar-refractivity contribution in [1.82, 2.24) is 0 Å². The van der Waals surface area contributed by atoms with Crippen LogP contribution in [-0.4, -0.2) is 0 Å². The molecule has 0 aliphatic heterocycles. The van der Waals surface area contributed by atoms with Crippen molar-refractivity contribution in [3.05, 3.63) is 50.6 Å². The molecule has 2 aromatic rings. The molecule has 1 atom stereocenters. The fraction of sp³-hybridized carbons (Fsp3) is 0.214. The average Bonchev–Trinajstić information content (AvgIpc) is 2.90. The number of thiophene rings is 1. The van der Waals surface area contributed by atoms with Gasteiger partial charge in [-0.2, -0.15) is 5.26 Å². The van der Waals surface area contributed by atoms with Gasteiger partial charge < -0.3 is 5.32 Å². The third kappa shape index (κ3) is 2.92. The second-order valence-electron chi connectivity index (χ2n) is 3.92. The van der Waals surface area contributed by atoms with Crippen molar-refractivity contribution in [3.8, 4) is 6.07 Å². The number of nitrogens with one attached hydrogen (secondary N) is 1. The molecule has 18 heavy (non-hydrogen) atoms. The molecular weight excluding hydrogens is 308 g/mol. The summed E-state index contributed by atoms with van der Waals surface area (Å²) >= 11 is 5.17. The Morgan fingerprint density at radius 2 is 2.28 bits per heavy atom. The highest BCUT2D eigenvalue weighted by molar-refractivity contribution is 9.10. The summed E-state index contributed by atoms with van der Waals surface area (Å²) in [7, 11) is 0. The van der Waals surface area contributed by atoms with Gasteiger partial charge >= 0.3 is 0 Å². The molecule has 0 amide bonds. The van der Waals surface area contributed by atoms with Gasteiger partial charge in [-0.3, -0.25) is 0 Å². The molecule has 2 nitrogen and oxygen atoms in total. The van der Waals surface area contributed by atoms with Gasteiger partial charge in [0.1, 0.15) is 6.07 Å². The molecule has 1 heterocycles. The van der Waals surface area contributed by atoms with E-state index in [0.29, 0.717) is 5.56 Å². The highest BCUT2D eigenvalue weighted by Crippen LogP contribution is 2.29. The monoisotopic (exact) mass is 320 g/mol. The minimum absolute atomic E-state index is 0.256. The second-order valence-corrected chi connectivity index (χ2v) is 5.82. The smallest absolute Gasteiger partial charge is 0.101 e. The molecule has 2 rings (SSSR count). The predicted molar refractivity (Wildman–Crippen MR) is 79.8 cm³/mol. The summed E-state index contributed by atoms with van der Waals surface area (Å²) in [5.74, 6) is 0. The van der Waals surface area contributed by atoms with Gasteiger partial charge in [-0.15, -0.1) is 11.3 Å². The molecule has 0 aliphatic rings. The lowest BCUT2D eigenvalue weighted by Crippen LogP contribution is -2.09. The normalized spacial score (nSPS) is 11.8. The summed E-state index contributed by atoms with van der Waals surface area (Å²) in [4.78, 5) is 1.29. The molecule has 1 unspecified atom stereocenters. The molecule has 1 aromatic carbocycles. The standard InChI is InChI=1S/C14H13BrN2S/c1-2-12(14-4-3-7-18-14)17-13-8-11(15)6-5-10(13)9-16/h3-8,12,17H,2H2,1H3. The Kier molecular flexibility index (Phi) is 4.40. The number of nitriles is 1. The Balaban J connectivity index is 2.27. The van der Waals surface area contributed by atoms with E-state index in [2.05, 4.69) is 51.8 Å². The van der Waals surface area contributed by atoms with Crippen molar-refractivity contribution in [1.29, 1.82) is 5.26 Å². The van der Waals surface area contributed by atoms with Crippen LogP contribution in [0.2, 0.25) is 0 Å². The van der Waals surface area contributed by atoms with E-state index in [1.807, 2.05) is 18.2 Å². The number of hydrogen-bond acceptors (Lipinski definition) is 3.